The standard InChI is InChI=1S/C20H28N2O2/c1-21(2)20(23)24-19-9-5-8-15-16-12-13-22(14-6-3-4-7-14)18(16)11-10-17(15)19/h5,8-9,14,16,18H,3-4,6-7,10-13H2,1-2H3/t16-,18+/m1/s1. The number of likely N-dealkylation sites (tertiary alicyclic amines) is 1. The number of ether oxygens (including phenoxy) is 1. The van der Waals surface area contributed by atoms with Crippen LogP contribution in [-0.2, 0) is 6.42 Å². The third-order valence-electron chi connectivity index (χ3n) is 6.20. The van der Waals surface area contributed by atoms with E-state index in [-0.39, 0.29) is 6.09 Å². The SMILES string of the molecule is CN(C)C(=O)Oc1cccc2c1CC[C@H]1[C@@H]2CCN1C1CCCC1. The number of amides is 1. The molecule has 1 heterocycles. The highest BCUT2D eigenvalue weighted by Gasteiger charge is 2.42. The van der Waals surface area contributed by atoms with Gasteiger partial charge in [-0.1, -0.05) is 25.0 Å². The van der Waals surface area contributed by atoms with Gasteiger partial charge in [0.25, 0.3) is 0 Å². The summed E-state index contributed by atoms with van der Waals surface area (Å²) in [5, 5.41) is 0. The Labute approximate surface area is 144 Å². The Balaban J connectivity index is 1.58. The van der Waals surface area contributed by atoms with Crippen molar-refractivity contribution in [1.29, 1.82) is 0 Å². The second-order valence-corrected chi connectivity index (χ2v) is 7.76. The van der Waals surface area contributed by atoms with Crippen LogP contribution >= 0.6 is 0 Å². The Morgan fingerprint density at radius 1 is 1.17 bits per heavy atom. The van der Waals surface area contributed by atoms with Crippen LogP contribution in [0.4, 0.5) is 4.79 Å². The highest BCUT2D eigenvalue weighted by molar-refractivity contribution is 5.70. The minimum atomic E-state index is -0.287. The summed E-state index contributed by atoms with van der Waals surface area (Å²) in [5.74, 6) is 1.39. The lowest BCUT2D eigenvalue weighted by atomic mass is 9.79. The summed E-state index contributed by atoms with van der Waals surface area (Å²) in [6.07, 6.45) is 8.76. The van der Waals surface area contributed by atoms with Crippen LogP contribution in [0.5, 0.6) is 5.75 Å². The molecule has 0 unspecified atom stereocenters. The number of benzene rings is 1. The molecule has 1 amide bonds. The van der Waals surface area contributed by atoms with Crippen molar-refractivity contribution in [1.82, 2.24) is 9.80 Å². The van der Waals surface area contributed by atoms with E-state index >= 15 is 0 Å². The number of hydrogen-bond acceptors (Lipinski definition) is 3. The third kappa shape index (κ3) is 2.71. The first kappa shape index (κ1) is 15.9. The van der Waals surface area contributed by atoms with Crippen molar-refractivity contribution >= 4 is 6.09 Å². The Morgan fingerprint density at radius 2 is 1.96 bits per heavy atom. The van der Waals surface area contributed by atoms with Crippen LogP contribution < -0.4 is 4.74 Å². The summed E-state index contributed by atoms with van der Waals surface area (Å²) < 4.78 is 5.62. The number of carbonyl (C=O) groups is 1. The summed E-state index contributed by atoms with van der Waals surface area (Å²) in [7, 11) is 3.45. The monoisotopic (exact) mass is 328 g/mol. The largest absolute Gasteiger partial charge is 0.414 e. The molecule has 1 aromatic rings. The number of nitrogens with zero attached hydrogens (tertiary/aromatic N) is 2. The van der Waals surface area contributed by atoms with Gasteiger partial charge in [0.2, 0.25) is 0 Å². The lowest BCUT2D eigenvalue weighted by molar-refractivity contribution is 0.161. The van der Waals surface area contributed by atoms with E-state index < -0.39 is 0 Å². The molecular weight excluding hydrogens is 300 g/mol. The number of hydrogen-bond donors (Lipinski definition) is 0. The van der Waals surface area contributed by atoms with Gasteiger partial charge in [0.15, 0.2) is 0 Å². The Kier molecular flexibility index (Phi) is 4.25. The van der Waals surface area contributed by atoms with Gasteiger partial charge in [-0.2, -0.15) is 0 Å². The first-order valence-corrected chi connectivity index (χ1v) is 9.42. The van der Waals surface area contributed by atoms with E-state index in [4.69, 9.17) is 4.74 Å². The second kappa shape index (κ2) is 6.40. The van der Waals surface area contributed by atoms with Crippen molar-refractivity contribution in [3.63, 3.8) is 0 Å². The predicted molar refractivity (Wildman–Crippen MR) is 94.6 cm³/mol. The van der Waals surface area contributed by atoms with Gasteiger partial charge in [0.1, 0.15) is 5.75 Å². The minimum absolute atomic E-state index is 0.287. The van der Waals surface area contributed by atoms with Crippen molar-refractivity contribution in [2.75, 3.05) is 20.6 Å². The molecule has 130 valence electrons. The average Bonchev–Trinajstić information content (AvgIpc) is 3.23. The zero-order valence-corrected chi connectivity index (χ0v) is 14.8. The van der Waals surface area contributed by atoms with Crippen molar-refractivity contribution in [3.05, 3.63) is 29.3 Å². The van der Waals surface area contributed by atoms with Gasteiger partial charge >= 0.3 is 6.09 Å². The highest BCUT2D eigenvalue weighted by atomic mass is 16.6. The van der Waals surface area contributed by atoms with Gasteiger partial charge in [-0.15, -0.1) is 0 Å². The fourth-order valence-electron chi connectivity index (χ4n) is 5.07. The summed E-state index contributed by atoms with van der Waals surface area (Å²) in [6, 6.07) is 7.77. The normalized spacial score (nSPS) is 26.9. The molecule has 1 aliphatic heterocycles. The molecule has 0 bridgehead atoms. The smallest absolute Gasteiger partial charge is 0.410 e. The molecule has 2 fully saturated rings. The molecule has 4 rings (SSSR count). The fourth-order valence-corrected chi connectivity index (χ4v) is 5.07. The van der Waals surface area contributed by atoms with E-state index in [2.05, 4.69) is 17.0 Å². The van der Waals surface area contributed by atoms with Crippen molar-refractivity contribution in [2.24, 2.45) is 0 Å². The molecule has 3 aliphatic rings. The average molecular weight is 328 g/mol. The van der Waals surface area contributed by atoms with Crippen LogP contribution in [0, 0.1) is 0 Å². The Bertz CT molecular complexity index is 622. The quantitative estimate of drug-likeness (QED) is 0.828. The van der Waals surface area contributed by atoms with Gasteiger partial charge < -0.3 is 9.64 Å². The van der Waals surface area contributed by atoms with E-state index in [9.17, 15) is 4.79 Å². The molecule has 1 saturated carbocycles. The molecule has 0 radical (unpaired) electrons. The second-order valence-electron chi connectivity index (χ2n) is 7.76. The van der Waals surface area contributed by atoms with Crippen molar-refractivity contribution < 1.29 is 9.53 Å². The first-order chi connectivity index (χ1) is 11.6. The number of carbonyl (C=O) groups excluding carboxylic acids is 1. The van der Waals surface area contributed by atoms with Gasteiger partial charge in [-0.05, 0) is 55.8 Å². The fraction of sp³-hybridized carbons (Fsp3) is 0.650. The molecular formula is C20H28N2O2. The summed E-state index contributed by atoms with van der Waals surface area (Å²) in [5.41, 5.74) is 2.69. The van der Waals surface area contributed by atoms with E-state index in [0.717, 1.165) is 18.2 Å². The van der Waals surface area contributed by atoms with Gasteiger partial charge in [0.05, 0.1) is 0 Å². The molecule has 1 aromatic carbocycles. The van der Waals surface area contributed by atoms with Crippen LogP contribution in [0.2, 0.25) is 0 Å². The van der Waals surface area contributed by atoms with E-state index in [1.54, 1.807) is 14.1 Å². The van der Waals surface area contributed by atoms with Crippen molar-refractivity contribution in [3.8, 4) is 5.75 Å². The molecule has 4 heteroatoms. The number of rotatable bonds is 2. The maximum Gasteiger partial charge on any atom is 0.414 e. The molecule has 0 aromatic heterocycles. The topological polar surface area (TPSA) is 32.8 Å². The van der Waals surface area contributed by atoms with Crippen LogP contribution in [0.1, 0.15) is 55.6 Å². The van der Waals surface area contributed by atoms with Gasteiger partial charge in [-0.25, -0.2) is 4.79 Å². The molecule has 2 aliphatic carbocycles. The van der Waals surface area contributed by atoms with Crippen molar-refractivity contribution in [2.45, 2.75) is 62.9 Å². The number of fused-ring (bicyclic) bond motifs is 3. The summed E-state index contributed by atoms with van der Waals surface area (Å²) >= 11 is 0. The molecule has 24 heavy (non-hydrogen) atoms. The van der Waals surface area contributed by atoms with E-state index in [0.29, 0.717) is 12.0 Å². The first-order valence-electron chi connectivity index (χ1n) is 9.42. The van der Waals surface area contributed by atoms with E-state index in [1.807, 2.05) is 6.07 Å². The summed E-state index contributed by atoms with van der Waals surface area (Å²) in [6.45, 7) is 1.24. The zero-order chi connectivity index (χ0) is 16.7. The van der Waals surface area contributed by atoms with Crippen LogP contribution in [-0.4, -0.2) is 48.6 Å². The molecule has 4 nitrogen and oxygen atoms in total. The maximum absolute atomic E-state index is 11.9. The van der Waals surface area contributed by atoms with Gasteiger partial charge in [0, 0.05) is 32.1 Å². The van der Waals surface area contributed by atoms with Gasteiger partial charge in [-0.3, -0.25) is 4.90 Å². The Hall–Kier alpha value is -1.55. The maximum atomic E-state index is 11.9. The van der Waals surface area contributed by atoms with Crippen LogP contribution in [0.25, 0.3) is 0 Å². The Morgan fingerprint density at radius 3 is 2.71 bits per heavy atom. The predicted octanol–water partition coefficient (Wildman–Crippen LogP) is 3.79. The van der Waals surface area contributed by atoms with Crippen LogP contribution in [0.3, 0.4) is 0 Å². The lowest BCUT2D eigenvalue weighted by Gasteiger charge is -2.37. The highest BCUT2D eigenvalue weighted by Crippen LogP contribution is 2.46. The molecule has 2 atom stereocenters. The zero-order valence-electron chi connectivity index (χ0n) is 14.8. The lowest BCUT2D eigenvalue weighted by Crippen LogP contribution is -2.41. The summed E-state index contributed by atoms with van der Waals surface area (Å²) in [4.78, 5) is 16.2. The molecule has 0 spiro atoms. The van der Waals surface area contributed by atoms with Crippen LogP contribution in [0.15, 0.2) is 18.2 Å². The third-order valence-corrected chi connectivity index (χ3v) is 6.20. The molecule has 1 saturated heterocycles. The molecule has 0 N–H and O–H groups in total. The minimum Gasteiger partial charge on any atom is -0.410 e. The van der Waals surface area contributed by atoms with E-state index in [1.165, 1.54) is 61.1 Å².